The number of nitrogens with one attached hydrogen (secondary N) is 1. The summed E-state index contributed by atoms with van der Waals surface area (Å²) in [6.45, 7) is -2.28. The Labute approximate surface area is 86.7 Å². The Bertz CT molecular complexity index is 246. The van der Waals surface area contributed by atoms with Crippen LogP contribution in [0.2, 0.25) is 0 Å². The van der Waals surface area contributed by atoms with E-state index >= 15 is 0 Å². The molecule has 0 spiro atoms. The number of aliphatic hydroxyl groups excluding tert-OH is 2. The summed E-state index contributed by atoms with van der Waals surface area (Å²) in [6, 6.07) is -0.740. The summed E-state index contributed by atoms with van der Waals surface area (Å²) < 4.78 is 5.17. The maximum atomic E-state index is 9.57. The molecule has 6 nitrogen and oxygen atoms in total. The minimum absolute atomic E-state index is 0.311. The lowest BCUT2D eigenvalue weighted by Gasteiger charge is -2.22. The van der Waals surface area contributed by atoms with E-state index in [-0.39, 0.29) is 6.61 Å². The molecule has 0 aromatic carbocycles. The van der Waals surface area contributed by atoms with Crippen LogP contribution in [0.1, 0.15) is 6.92 Å². The number of hydrogen-bond acceptors (Lipinski definition) is 4. The Morgan fingerprint density at radius 3 is 2.50 bits per heavy atom. The molecule has 1 fully saturated rings. The first-order valence-corrected chi connectivity index (χ1v) is 6.83. The summed E-state index contributed by atoms with van der Waals surface area (Å²) in [7, 11) is 0. The highest BCUT2D eigenvalue weighted by atomic mass is 32.5. The van der Waals surface area contributed by atoms with E-state index in [1.54, 1.807) is 6.92 Å². The molecule has 1 heterocycles. The first kappa shape index (κ1) is 12.5. The molecule has 1 saturated heterocycles. The van der Waals surface area contributed by atoms with Crippen molar-refractivity contribution in [3.05, 3.63) is 0 Å². The molecule has 1 rings (SSSR count). The van der Waals surface area contributed by atoms with E-state index in [0.29, 0.717) is 0 Å². The van der Waals surface area contributed by atoms with Crippen LogP contribution in [0.15, 0.2) is 0 Å². The van der Waals surface area contributed by atoms with Gasteiger partial charge in [-0.3, -0.25) is 0 Å². The molecule has 8 heteroatoms. The normalized spacial score (nSPS) is 38.9. The van der Waals surface area contributed by atoms with Gasteiger partial charge in [0.05, 0.1) is 31.0 Å². The fraction of sp³-hybridized carbons (Fsp3) is 1.00. The minimum Gasteiger partial charge on any atom is -0.394 e. The summed E-state index contributed by atoms with van der Waals surface area (Å²) in [5, 5.41) is 20.8. The van der Waals surface area contributed by atoms with Crippen molar-refractivity contribution in [3.63, 3.8) is 0 Å². The van der Waals surface area contributed by atoms with E-state index in [9.17, 15) is 5.11 Å². The molecule has 0 saturated carbocycles. The van der Waals surface area contributed by atoms with Crippen LogP contribution in [-0.4, -0.2) is 51.0 Å². The molecule has 84 valence electrons. The van der Waals surface area contributed by atoms with Crippen molar-refractivity contribution in [2.45, 2.75) is 31.3 Å². The Morgan fingerprint density at radius 1 is 1.50 bits per heavy atom. The van der Waals surface area contributed by atoms with Gasteiger partial charge in [-0.05, 0) is 18.7 Å². The second-order valence-corrected chi connectivity index (χ2v) is 6.13. The van der Waals surface area contributed by atoms with Crippen LogP contribution in [0.5, 0.6) is 0 Å². The van der Waals surface area contributed by atoms with Crippen LogP contribution in [0.4, 0.5) is 0 Å². The molecule has 0 radical (unpaired) electrons. The van der Waals surface area contributed by atoms with E-state index in [4.69, 9.17) is 19.6 Å². The Kier molecular flexibility index (Phi) is 4.02. The van der Waals surface area contributed by atoms with Crippen LogP contribution in [0.3, 0.4) is 0 Å². The maximum Gasteiger partial charge on any atom is 0.256 e. The van der Waals surface area contributed by atoms with Gasteiger partial charge in [0, 0.05) is 0 Å². The maximum absolute atomic E-state index is 9.57. The van der Waals surface area contributed by atoms with Gasteiger partial charge in [0.15, 0.2) is 0 Å². The van der Waals surface area contributed by atoms with Crippen molar-refractivity contribution in [1.29, 1.82) is 0 Å². The molecule has 0 amide bonds. The van der Waals surface area contributed by atoms with Crippen molar-refractivity contribution < 1.29 is 24.7 Å². The highest BCUT2D eigenvalue weighted by Gasteiger charge is 2.42. The predicted octanol–water partition coefficient (Wildman–Crippen LogP) is -1.71. The summed E-state index contributed by atoms with van der Waals surface area (Å²) in [6.07, 6.45) is -2.04. The van der Waals surface area contributed by atoms with Gasteiger partial charge >= 0.3 is 0 Å². The second-order valence-electron chi connectivity index (χ2n) is 3.25. The van der Waals surface area contributed by atoms with Gasteiger partial charge in [0.1, 0.15) is 0 Å². The zero-order chi connectivity index (χ0) is 10.9. The largest absolute Gasteiger partial charge is 0.394 e. The van der Waals surface area contributed by atoms with Gasteiger partial charge in [-0.1, -0.05) is 0 Å². The van der Waals surface area contributed by atoms with Crippen molar-refractivity contribution >= 4 is 18.4 Å². The van der Waals surface area contributed by atoms with Crippen molar-refractivity contribution in [3.8, 4) is 0 Å². The summed E-state index contributed by atoms with van der Waals surface area (Å²) in [4.78, 5) is 18.0. The van der Waals surface area contributed by atoms with Crippen molar-refractivity contribution in [2.24, 2.45) is 0 Å². The zero-order valence-corrected chi connectivity index (χ0v) is 9.28. The number of aliphatic hydroxyl groups is 2. The molecule has 5 N–H and O–H groups in total. The monoisotopic (exact) mass is 243 g/mol. The molecular weight excluding hydrogens is 229 g/mol. The zero-order valence-electron chi connectivity index (χ0n) is 7.57. The molecule has 14 heavy (non-hydrogen) atoms. The highest BCUT2D eigenvalue weighted by Crippen LogP contribution is 2.34. The van der Waals surface area contributed by atoms with Gasteiger partial charge < -0.3 is 24.7 Å². The van der Waals surface area contributed by atoms with Gasteiger partial charge in [-0.2, -0.15) is 0 Å². The third kappa shape index (κ3) is 2.95. The highest BCUT2D eigenvalue weighted by molar-refractivity contribution is 8.08. The van der Waals surface area contributed by atoms with Crippen LogP contribution in [0, 0.1) is 0 Å². The van der Waals surface area contributed by atoms with Crippen LogP contribution < -0.4 is 5.09 Å². The third-order valence-corrected chi connectivity index (χ3v) is 3.09. The fourth-order valence-corrected chi connectivity index (χ4v) is 2.54. The van der Waals surface area contributed by atoms with E-state index in [1.807, 2.05) is 0 Å². The first-order valence-electron chi connectivity index (χ1n) is 4.13. The average Bonchev–Trinajstić information content (AvgIpc) is 2.30. The standard InChI is InChI=1S/C6H14NO5PS/c1-3-6(9)5(4(2-8)12-3)7-13(10,11)14/h3-6,8-9H,2H2,1H3,(H3,7,10,11,14)/t3-,4+,5?,6+/m0/s1. The third-order valence-electron chi connectivity index (χ3n) is 2.14. The summed E-state index contributed by atoms with van der Waals surface area (Å²) >= 11 is 4.38. The minimum atomic E-state index is -3.60. The van der Waals surface area contributed by atoms with Crippen LogP contribution >= 0.6 is 6.64 Å². The van der Waals surface area contributed by atoms with Gasteiger partial charge in [-0.15, -0.1) is 0 Å². The lowest BCUT2D eigenvalue weighted by Crippen LogP contribution is -2.44. The van der Waals surface area contributed by atoms with Gasteiger partial charge in [0.25, 0.3) is 6.64 Å². The summed E-state index contributed by atoms with van der Waals surface area (Å²) in [5.41, 5.74) is 0. The number of rotatable bonds is 3. The molecule has 0 aromatic rings. The molecular formula is C6H14NO5PS. The van der Waals surface area contributed by atoms with Crippen LogP contribution in [-0.2, 0) is 16.5 Å². The molecule has 0 aromatic heterocycles. The molecule has 0 bridgehead atoms. The van der Waals surface area contributed by atoms with Crippen molar-refractivity contribution in [2.75, 3.05) is 6.61 Å². The quantitative estimate of drug-likeness (QED) is 0.376. The molecule has 1 unspecified atom stereocenters. The predicted molar refractivity (Wildman–Crippen MR) is 53.1 cm³/mol. The van der Waals surface area contributed by atoms with Crippen LogP contribution in [0.25, 0.3) is 0 Å². The van der Waals surface area contributed by atoms with Gasteiger partial charge in [-0.25, -0.2) is 5.09 Å². The van der Waals surface area contributed by atoms with E-state index in [1.165, 1.54) is 0 Å². The van der Waals surface area contributed by atoms with E-state index in [2.05, 4.69) is 16.9 Å². The SMILES string of the molecule is C[C@@H]1O[C@H](CO)C(NP(O)(O)=S)[C@@H]1O. The van der Waals surface area contributed by atoms with E-state index < -0.39 is 31.0 Å². The lowest BCUT2D eigenvalue weighted by atomic mass is 10.1. The smallest absolute Gasteiger partial charge is 0.256 e. The summed E-state index contributed by atoms with van der Waals surface area (Å²) in [5.74, 6) is 0. The topological polar surface area (TPSA) is 102 Å². The Hall–Kier alpha value is 0.410. The second kappa shape index (κ2) is 4.51. The molecule has 0 aliphatic carbocycles. The van der Waals surface area contributed by atoms with Crippen molar-refractivity contribution in [1.82, 2.24) is 5.09 Å². The fourth-order valence-electron chi connectivity index (χ4n) is 1.46. The molecule has 4 atom stereocenters. The Balaban J connectivity index is 2.69. The lowest BCUT2D eigenvalue weighted by molar-refractivity contribution is -0.000479. The average molecular weight is 243 g/mol. The number of hydrogen-bond donors (Lipinski definition) is 5. The van der Waals surface area contributed by atoms with E-state index in [0.717, 1.165) is 0 Å². The number of ether oxygens (including phenoxy) is 1. The molecule has 1 aliphatic heterocycles. The van der Waals surface area contributed by atoms with Gasteiger partial charge in [0.2, 0.25) is 0 Å². The molecule has 1 aliphatic rings. The Morgan fingerprint density at radius 2 is 2.07 bits per heavy atom. The first-order chi connectivity index (χ1) is 6.35.